The zero-order chi connectivity index (χ0) is 17.5. The van der Waals surface area contributed by atoms with Gasteiger partial charge in [0.15, 0.2) is 0 Å². The van der Waals surface area contributed by atoms with Gasteiger partial charge >= 0.3 is 5.69 Å². The van der Waals surface area contributed by atoms with Gasteiger partial charge in [-0.25, -0.2) is 15.3 Å². The number of nitrogens with zero attached hydrogens (tertiary/aromatic N) is 2. The number of carbonyl (C=O) groups excluding carboxylic acids is 1. The average molecular weight is 397 g/mol. The van der Waals surface area contributed by atoms with Gasteiger partial charge in [-0.3, -0.25) is 14.6 Å². The SMILES string of the molecule is O=C(CCNc1n[nH]c(=O)[nH]c1=O)N/N=C/c1ccc(O)c(Br)c1. The molecule has 11 heteroatoms. The first-order chi connectivity index (χ1) is 11.5. The number of carbonyl (C=O) groups is 1. The molecule has 1 amide bonds. The fraction of sp³-hybridized carbons (Fsp3) is 0.154. The van der Waals surface area contributed by atoms with Crippen LogP contribution in [0, 0.1) is 0 Å². The third-order valence-electron chi connectivity index (χ3n) is 2.73. The summed E-state index contributed by atoms with van der Waals surface area (Å²) in [4.78, 5) is 35.8. The van der Waals surface area contributed by atoms with Crippen LogP contribution in [0.2, 0.25) is 0 Å². The number of aromatic hydroxyl groups is 1. The number of H-pyrrole nitrogens is 2. The number of aromatic nitrogens is 3. The lowest BCUT2D eigenvalue weighted by Gasteiger charge is -2.03. The van der Waals surface area contributed by atoms with Crippen molar-refractivity contribution in [1.82, 2.24) is 20.6 Å². The van der Waals surface area contributed by atoms with E-state index in [9.17, 15) is 19.5 Å². The van der Waals surface area contributed by atoms with E-state index in [1.807, 2.05) is 4.98 Å². The molecule has 0 aliphatic carbocycles. The molecule has 2 rings (SSSR count). The molecule has 0 aliphatic rings. The Balaban J connectivity index is 1.78. The Hall–Kier alpha value is -2.95. The lowest BCUT2D eigenvalue weighted by atomic mass is 10.2. The van der Waals surface area contributed by atoms with Gasteiger partial charge in [0, 0.05) is 13.0 Å². The number of phenols is 1. The summed E-state index contributed by atoms with van der Waals surface area (Å²) in [7, 11) is 0. The minimum Gasteiger partial charge on any atom is -0.507 e. The normalized spacial score (nSPS) is 10.7. The van der Waals surface area contributed by atoms with E-state index in [0.29, 0.717) is 10.0 Å². The van der Waals surface area contributed by atoms with Crippen LogP contribution in [0.3, 0.4) is 0 Å². The van der Waals surface area contributed by atoms with E-state index >= 15 is 0 Å². The molecular formula is C13H13BrN6O4. The van der Waals surface area contributed by atoms with Gasteiger partial charge in [-0.2, -0.15) is 5.10 Å². The second kappa shape index (κ2) is 8.06. The molecule has 2 aromatic rings. The monoisotopic (exact) mass is 396 g/mol. The molecule has 1 aromatic carbocycles. The maximum Gasteiger partial charge on any atom is 0.342 e. The summed E-state index contributed by atoms with van der Waals surface area (Å²) < 4.78 is 0.514. The van der Waals surface area contributed by atoms with E-state index < -0.39 is 11.2 Å². The first-order valence-electron chi connectivity index (χ1n) is 6.69. The number of nitrogens with one attached hydrogen (secondary N) is 4. The summed E-state index contributed by atoms with van der Waals surface area (Å²) in [6.45, 7) is 0.133. The van der Waals surface area contributed by atoms with Crippen molar-refractivity contribution in [3.8, 4) is 5.75 Å². The summed E-state index contributed by atoms with van der Waals surface area (Å²) >= 11 is 3.17. The fourth-order valence-corrected chi connectivity index (χ4v) is 2.00. The molecule has 0 atom stereocenters. The molecule has 24 heavy (non-hydrogen) atoms. The molecule has 1 heterocycles. The van der Waals surface area contributed by atoms with Gasteiger partial charge in [0.1, 0.15) is 5.75 Å². The average Bonchev–Trinajstić information content (AvgIpc) is 2.53. The highest BCUT2D eigenvalue weighted by Gasteiger charge is 2.04. The molecule has 0 unspecified atom stereocenters. The van der Waals surface area contributed by atoms with Crippen LogP contribution in [0.25, 0.3) is 0 Å². The molecule has 126 valence electrons. The van der Waals surface area contributed by atoms with Crippen molar-refractivity contribution in [2.45, 2.75) is 6.42 Å². The zero-order valence-electron chi connectivity index (χ0n) is 12.2. The molecular weight excluding hydrogens is 384 g/mol. The predicted molar refractivity (Wildman–Crippen MR) is 90.1 cm³/mol. The van der Waals surface area contributed by atoms with E-state index in [4.69, 9.17) is 0 Å². The van der Waals surface area contributed by atoms with Crippen molar-refractivity contribution in [3.63, 3.8) is 0 Å². The van der Waals surface area contributed by atoms with Crippen molar-refractivity contribution in [3.05, 3.63) is 49.1 Å². The fourth-order valence-electron chi connectivity index (χ4n) is 1.60. The van der Waals surface area contributed by atoms with Gasteiger partial charge < -0.3 is 10.4 Å². The smallest absolute Gasteiger partial charge is 0.342 e. The minimum atomic E-state index is -0.710. The number of aromatic amines is 2. The largest absolute Gasteiger partial charge is 0.507 e. The second-order valence-corrected chi connectivity index (χ2v) is 5.39. The van der Waals surface area contributed by atoms with Crippen LogP contribution in [-0.4, -0.2) is 39.0 Å². The zero-order valence-corrected chi connectivity index (χ0v) is 13.8. The molecule has 0 spiro atoms. The van der Waals surface area contributed by atoms with Crippen LogP contribution in [0.5, 0.6) is 5.75 Å². The van der Waals surface area contributed by atoms with Crippen LogP contribution in [-0.2, 0) is 4.79 Å². The number of halogens is 1. The van der Waals surface area contributed by atoms with Crippen molar-refractivity contribution in [2.75, 3.05) is 11.9 Å². The van der Waals surface area contributed by atoms with E-state index in [-0.39, 0.29) is 30.4 Å². The van der Waals surface area contributed by atoms with Gasteiger partial charge in [-0.05, 0) is 39.7 Å². The molecule has 5 N–H and O–H groups in total. The van der Waals surface area contributed by atoms with Crippen molar-refractivity contribution >= 4 is 33.9 Å². The molecule has 0 fully saturated rings. The molecule has 0 aliphatic heterocycles. The summed E-state index contributed by atoms with van der Waals surface area (Å²) in [5, 5.41) is 21.4. The second-order valence-electron chi connectivity index (χ2n) is 4.54. The number of hydrogen-bond acceptors (Lipinski definition) is 7. The number of hydrazone groups is 1. The lowest BCUT2D eigenvalue weighted by molar-refractivity contribution is -0.120. The third kappa shape index (κ3) is 5.05. The first-order valence-corrected chi connectivity index (χ1v) is 7.48. The van der Waals surface area contributed by atoms with E-state index in [1.165, 1.54) is 12.3 Å². The van der Waals surface area contributed by atoms with Crippen LogP contribution < -0.4 is 22.0 Å². The van der Waals surface area contributed by atoms with Gasteiger partial charge in [0.05, 0.1) is 10.7 Å². The lowest BCUT2D eigenvalue weighted by Crippen LogP contribution is -2.28. The van der Waals surface area contributed by atoms with Crippen LogP contribution in [0.1, 0.15) is 12.0 Å². The number of anilines is 1. The number of benzene rings is 1. The number of amides is 1. The van der Waals surface area contributed by atoms with E-state index in [2.05, 4.69) is 42.0 Å². The number of phenolic OH excluding ortho intramolecular Hbond substituents is 1. The molecule has 0 radical (unpaired) electrons. The highest BCUT2D eigenvalue weighted by molar-refractivity contribution is 9.10. The number of hydrogen-bond donors (Lipinski definition) is 5. The Morgan fingerprint density at radius 3 is 2.92 bits per heavy atom. The summed E-state index contributed by atoms with van der Waals surface area (Å²) in [6.07, 6.45) is 1.46. The Morgan fingerprint density at radius 1 is 1.42 bits per heavy atom. The van der Waals surface area contributed by atoms with Gasteiger partial charge in [0.25, 0.3) is 5.56 Å². The Kier molecular flexibility index (Phi) is 5.84. The topological polar surface area (TPSA) is 152 Å². The molecule has 0 bridgehead atoms. The summed E-state index contributed by atoms with van der Waals surface area (Å²) in [6, 6.07) is 4.76. The molecule has 0 saturated heterocycles. The van der Waals surface area contributed by atoms with Crippen molar-refractivity contribution < 1.29 is 9.90 Å². The van der Waals surface area contributed by atoms with Gasteiger partial charge in [0.2, 0.25) is 11.7 Å². The standard InChI is InChI=1S/C13H13BrN6O4/c14-8-5-7(1-2-9(8)21)6-16-18-10(22)3-4-15-11-12(23)17-13(24)20-19-11/h1-2,5-6,21H,3-4H2,(H,15,19)(H,18,22)(H2,17,20,23,24)/b16-6+. The van der Waals surface area contributed by atoms with Gasteiger partial charge in [-0.1, -0.05) is 0 Å². The Morgan fingerprint density at radius 2 is 2.21 bits per heavy atom. The first kappa shape index (κ1) is 17.4. The molecule has 10 nitrogen and oxygen atoms in total. The highest BCUT2D eigenvalue weighted by Crippen LogP contribution is 2.23. The number of rotatable bonds is 6. The van der Waals surface area contributed by atoms with Gasteiger partial charge in [-0.15, -0.1) is 5.10 Å². The van der Waals surface area contributed by atoms with Crippen LogP contribution >= 0.6 is 15.9 Å². The van der Waals surface area contributed by atoms with Crippen molar-refractivity contribution in [1.29, 1.82) is 0 Å². The van der Waals surface area contributed by atoms with Crippen LogP contribution in [0.4, 0.5) is 5.82 Å². The maximum atomic E-state index is 11.6. The third-order valence-corrected chi connectivity index (χ3v) is 3.37. The van der Waals surface area contributed by atoms with Crippen LogP contribution in [0.15, 0.2) is 37.4 Å². The molecule has 0 saturated carbocycles. The minimum absolute atomic E-state index is 0.0386. The summed E-state index contributed by atoms with van der Waals surface area (Å²) in [5.41, 5.74) is 1.63. The summed E-state index contributed by atoms with van der Waals surface area (Å²) in [5.74, 6) is -0.356. The quantitative estimate of drug-likeness (QED) is 0.339. The Bertz CT molecular complexity index is 875. The Labute approximate surface area is 143 Å². The predicted octanol–water partition coefficient (Wildman–Crippen LogP) is -0.121. The van der Waals surface area contributed by atoms with E-state index in [0.717, 1.165) is 0 Å². The molecule has 1 aromatic heterocycles. The van der Waals surface area contributed by atoms with E-state index in [1.54, 1.807) is 12.1 Å². The highest BCUT2D eigenvalue weighted by atomic mass is 79.9. The maximum absolute atomic E-state index is 11.6. The van der Waals surface area contributed by atoms with Crippen molar-refractivity contribution in [2.24, 2.45) is 5.10 Å².